The number of carboxylic acids is 1. The van der Waals surface area contributed by atoms with Crippen molar-refractivity contribution in [1.82, 2.24) is 24.4 Å². The number of rotatable bonds is 2. The van der Waals surface area contributed by atoms with Gasteiger partial charge in [0.25, 0.3) is 5.56 Å². The van der Waals surface area contributed by atoms with Crippen LogP contribution in [-0.4, -0.2) is 35.5 Å². The van der Waals surface area contributed by atoms with Crippen molar-refractivity contribution in [2.75, 3.05) is 0 Å². The summed E-state index contributed by atoms with van der Waals surface area (Å²) in [6, 6.07) is 1.44. The van der Waals surface area contributed by atoms with E-state index < -0.39 is 5.97 Å². The molecule has 8 nitrogen and oxygen atoms in total. The maximum atomic E-state index is 11.9. The largest absolute Gasteiger partial charge is 0.478 e. The SMILES string of the molecule is Cc1cc(=O)n(-c2ncnn3cc(C(=O)O)c(C)c23)[nH]1. The molecule has 3 aromatic rings. The third kappa shape index (κ3) is 1.62. The molecule has 0 bridgehead atoms. The second-order valence-electron chi connectivity index (χ2n) is 4.46. The molecule has 0 aliphatic rings. The highest BCUT2D eigenvalue weighted by molar-refractivity contribution is 5.93. The number of carboxylic acid groups (broad SMARTS) is 1. The Labute approximate surface area is 112 Å². The molecule has 0 spiro atoms. The number of aromatic amines is 1. The Kier molecular flexibility index (Phi) is 2.46. The zero-order valence-electron chi connectivity index (χ0n) is 10.8. The van der Waals surface area contributed by atoms with Crippen LogP contribution in [0.1, 0.15) is 21.6 Å². The Bertz CT molecular complexity index is 886. The highest BCUT2D eigenvalue weighted by atomic mass is 16.4. The molecule has 102 valence electrons. The maximum absolute atomic E-state index is 11.9. The van der Waals surface area contributed by atoms with Crippen molar-refractivity contribution < 1.29 is 9.90 Å². The van der Waals surface area contributed by atoms with Crippen molar-refractivity contribution >= 4 is 11.5 Å². The summed E-state index contributed by atoms with van der Waals surface area (Å²) >= 11 is 0. The fraction of sp³-hybridized carbons (Fsp3) is 0.167. The highest BCUT2D eigenvalue weighted by Gasteiger charge is 2.18. The molecule has 3 rings (SSSR count). The first kappa shape index (κ1) is 12.2. The number of aromatic carboxylic acids is 1. The van der Waals surface area contributed by atoms with Crippen LogP contribution in [0.25, 0.3) is 11.3 Å². The minimum absolute atomic E-state index is 0.128. The molecule has 0 unspecified atom stereocenters. The van der Waals surface area contributed by atoms with Gasteiger partial charge in [-0.05, 0) is 19.4 Å². The van der Waals surface area contributed by atoms with Crippen LogP contribution in [0.5, 0.6) is 0 Å². The zero-order valence-corrected chi connectivity index (χ0v) is 10.8. The van der Waals surface area contributed by atoms with E-state index in [0.717, 1.165) is 0 Å². The Hall–Kier alpha value is -2.90. The number of aryl methyl sites for hydroxylation is 2. The van der Waals surface area contributed by atoms with Crippen molar-refractivity contribution in [3.05, 3.63) is 45.8 Å². The molecule has 2 N–H and O–H groups in total. The van der Waals surface area contributed by atoms with Crippen LogP contribution >= 0.6 is 0 Å². The van der Waals surface area contributed by atoms with Crippen molar-refractivity contribution in [2.45, 2.75) is 13.8 Å². The van der Waals surface area contributed by atoms with E-state index in [9.17, 15) is 9.59 Å². The second kappa shape index (κ2) is 4.05. The summed E-state index contributed by atoms with van der Waals surface area (Å²) in [5, 5.41) is 16.0. The fourth-order valence-corrected chi connectivity index (χ4v) is 2.19. The molecule has 0 aromatic carbocycles. The number of aromatic nitrogens is 5. The summed E-state index contributed by atoms with van der Waals surface area (Å²) in [5.41, 5.74) is 1.54. The van der Waals surface area contributed by atoms with E-state index in [4.69, 9.17) is 5.11 Å². The van der Waals surface area contributed by atoms with Crippen molar-refractivity contribution in [1.29, 1.82) is 0 Å². The molecule has 3 heterocycles. The zero-order chi connectivity index (χ0) is 14.4. The molecule has 8 heteroatoms. The quantitative estimate of drug-likeness (QED) is 0.708. The van der Waals surface area contributed by atoms with Gasteiger partial charge in [-0.1, -0.05) is 0 Å². The molecule has 0 aliphatic heterocycles. The maximum Gasteiger partial charge on any atom is 0.337 e. The molecular weight excluding hydrogens is 262 g/mol. The first-order valence-electron chi connectivity index (χ1n) is 5.84. The predicted molar refractivity (Wildman–Crippen MR) is 69.4 cm³/mol. The lowest BCUT2D eigenvalue weighted by Crippen LogP contribution is -2.16. The van der Waals surface area contributed by atoms with Crippen molar-refractivity contribution in [2.24, 2.45) is 0 Å². The normalized spacial score (nSPS) is 11.1. The summed E-state index contributed by atoms with van der Waals surface area (Å²) in [6.07, 6.45) is 2.68. The minimum Gasteiger partial charge on any atom is -0.478 e. The molecular formula is C12H11N5O3. The fourth-order valence-electron chi connectivity index (χ4n) is 2.19. The average Bonchev–Trinajstić information content (AvgIpc) is 2.90. The predicted octanol–water partition coefficient (Wildman–Crippen LogP) is 0.523. The molecule has 0 radical (unpaired) electrons. The van der Waals surface area contributed by atoms with Gasteiger partial charge in [-0.3, -0.25) is 9.89 Å². The van der Waals surface area contributed by atoms with E-state index >= 15 is 0 Å². The van der Waals surface area contributed by atoms with E-state index in [1.54, 1.807) is 13.8 Å². The van der Waals surface area contributed by atoms with E-state index in [1.807, 2.05) is 0 Å². The number of nitrogens with zero attached hydrogens (tertiary/aromatic N) is 4. The monoisotopic (exact) mass is 273 g/mol. The van der Waals surface area contributed by atoms with Gasteiger partial charge in [0, 0.05) is 18.0 Å². The number of H-pyrrole nitrogens is 1. The number of hydrogen-bond donors (Lipinski definition) is 2. The van der Waals surface area contributed by atoms with Gasteiger partial charge in [0.05, 0.1) is 5.56 Å². The molecule has 0 fully saturated rings. The topological polar surface area (TPSA) is 105 Å². The molecule has 20 heavy (non-hydrogen) atoms. The van der Waals surface area contributed by atoms with Crippen LogP contribution in [0.15, 0.2) is 23.4 Å². The van der Waals surface area contributed by atoms with E-state index in [0.29, 0.717) is 22.6 Å². The van der Waals surface area contributed by atoms with Crippen LogP contribution in [0.2, 0.25) is 0 Å². The summed E-state index contributed by atoms with van der Waals surface area (Å²) < 4.78 is 2.68. The molecule has 0 aliphatic carbocycles. The lowest BCUT2D eigenvalue weighted by molar-refractivity contribution is 0.0696. The number of fused-ring (bicyclic) bond motifs is 1. The molecule has 0 saturated carbocycles. The molecule has 0 saturated heterocycles. The van der Waals surface area contributed by atoms with E-state index in [1.165, 1.54) is 27.8 Å². The van der Waals surface area contributed by atoms with Gasteiger partial charge >= 0.3 is 5.97 Å². The second-order valence-corrected chi connectivity index (χ2v) is 4.46. The smallest absolute Gasteiger partial charge is 0.337 e. The first-order valence-corrected chi connectivity index (χ1v) is 5.84. The Morgan fingerprint density at radius 1 is 1.40 bits per heavy atom. The van der Waals surface area contributed by atoms with Gasteiger partial charge in [0.1, 0.15) is 11.8 Å². The summed E-state index contributed by atoms with van der Waals surface area (Å²) in [4.78, 5) is 27.1. The number of carbonyl (C=O) groups is 1. The molecule has 0 atom stereocenters. The van der Waals surface area contributed by atoms with Gasteiger partial charge in [-0.15, -0.1) is 0 Å². The number of nitrogens with one attached hydrogen (secondary N) is 1. The van der Waals surface area contributed by atoms with Crippen molar-refractivity contribution in [3.63, 3.8) is 0 Å². The van der Waals surface area contributed by atoms with E-state index in [2.05, 4.69) is 15.2 Å². The highest BCUT2D eigenvalue weighted by Crippen LogP contribution is 2.20. The van der Waals surface area contributed by atoms with Crippen molar-refractivity contribution in [3.8, 4) is 5.82 Å². The van der Waals surface area contributed by atoms with Gasteiger partial charge in [0.2, 0.25) is 0 Å². The van der Waals surface area contributed by atoms with Gasteiger partial charge in [-0.25, -0.2) is 14.3 Å². The summed E-state index contributed by atoms with van der Waals surface area (Å²) in [7, 11) is 0. The Balaban J connectivity index is 2.40. The van der Waals surface area contributed by atoms with Crippen LogP contribution < -0.4 is 5.56 Å². The van der Waals surface area contributed by atoms with Crippen LogP contribution in [-0.2, 0) is 0 Å². The van der Waals surface area contributed by atoms with Gasteiger partial charge in [0.15, 0.2) is 5.82 Å². The van der Waals surface area contributed by atoms with Crippen LogP contribution in [0.4, 0.5) is 0 Å². The standard InChI is InChI=1S/C12H11N5O3/c1-6-3-9(18)17(15-6)11-10-7(2)8(12(19)20)4-16(10)14-5-13-11/h3-5,15H,1-2H3,(H,19,20). The molecule has 0 amide bonds. The minimum atomic E-state index is -1.05. The van der Waals surface area contributed by atoms with Gasteiger partial charge in [-0.2, -0.15) is 9.78 Å². The average molecular weight is 273 g/mol. The molecule has 3 aromatic heterocycles. The summed E-state index contributed by atoms with van der Waals surface area (Å²) in [5.74, 6) is -0.725. The Morgan fingerprint density at radius 3 is 2.75 bits per heavy atom. The van der Waals surface area contributed by atoms with Gasteiger partial charge < -0.3 is 5.11 Å². The Morgan fingerprint density at radius 2 is 2.15 bits per heavy atom. The lowest BCUT2D eigenvalue weighted by Gasteiger charge is -2.04. The third-order valence-corrected chi connectivity index (χ3v) is 3.10. The first-order chi connectivity index (χ1) is 9.49. The van der Waals surface area contributed by atoms with Crippen LogP contribution in [0.3, 0.4) is 0 Å². The summed E-state index contributed by atoms with van der Waals surface area (Å²) in [6.45, 7) is 3.41. The van der Waals surface area contributed by atoms with Crippen LogP contribution in [0, 0.1) is 13.8 Å². The number of hydrogen-bond acceptors (Lipinski definition) is 4. The van der Waals surface area contributed by atoms with E-state index in [-0.39, 0.29) is 11.1 Å². The third-order valence-electron chi connectivity index (χ3n) is 3.10. The lowest BCUT2D eigenvalue weighted by atomic mass is 10.2.